The molecule has 8 heavy (non-hydrogen) atoms. The molecule has 0 unspecified atom stereocenters. The molecule has 0 N–H and O–H groups in total. The molecular weight excluding hydrogens is 103 g/mol. The van der Waals surface area contributed by atoms with Crippen molar-refractivity contribution in [1.29, 1.82) is 0 Å². The molecule has 0 saturated carbocycles. The molecule has 0 amide bonds. The van der Waals surface area contributed by atoms with E-state index in [4.69, 9.17) is 0 Å². The van der Waals surface area contributed by atoms with Gasteiger partial charge < -0.3 is 4.70 Å². The lowest BCUT2D eigenvalue weighted by Gasteiger charge is -1.78. The van der Waals surface area contributed by atoms with Gasteiger partial charge in [-0.1, -0.05) is 30.4 Å². The SMILES string of the molecule is CC=C1C=CC=C1.[F-]. The molecule has 1 heteroatoms. The van der Waals surface area contributed by atoms with Gasteiger partial charge in [0.15, 0.2) is 0 Å². The van der Waals surface area contributed by atoms with Crippen LogP contribution in [-0.2, 0) is 0 Å². The van der Waals surface area contributed by atoms with Gasteiger partial charge in [0.05, 0.1) is 0 Å². The first-order valence-electron chi connectivity index (χ1n) is 2.44. The van der Waals surface area contributed by atoms with Crippen LogP contribution >= 0.6 is 0 Å². The lowest BCUT2D eigenvalue weighted by molar-refractivity contribution is -0.00000142. The lowest BCUT2D eigenvalue weighted by atomic mass is 10.3. The van der Waals surface area contributed by atoms with Crippen LogP contribution in [0.2, 0.25) is 0 Å². The maximum absolute atomic E-state index is 2.08. The van der Waals surface area contributed by atoms with Crippen LogP contribution in [0.1, 0.15) is 6.92 Å². The minimum atomic E-state index is 0. The maximum atomic E-state index is 2.08. The van der Waals surface area contributed by atoms with E-state index in [-0.39, 0.29) is 4.70 Å². The summed E-state index contributed by atoms with van der Waals surface area (Å²) in [6, 6.07) is 0. The van der Waals surface area contributed by atoms with Gasteiger partial charge in [-0.3, -0.25) is 0 Å². The van der Waals surface area contributed by atoms with Gasteiger partial charge in [0.1, 0.15) is 0 Å². The van der Waals surface area contributed by atoms with Crippen molar-refractivity contribution in [2.75, 3.05) is 0 Å². The summed E-state index contributed by atoms with van der Waals surface area (Å²) in [6.07, 6.45) is 10.3. The van der Waals surface area contributed by atoms with Crippen LogP contribution in [0, 0.1) is 0 Å². The fourth-order valence-corrected chi connectivity index (χ4v) is 0.581. The standard InChI is InChI=1S/C7H8.FH/c1-2-7-5-3-4-6-7;/h2-6H,1H3;1H/p-1. The van der Waals surface area contributed by atoms with Crippen LogP contribution in [0.3, 0.4) is 0 Å². The smallest absolute Gasteiger partial charge is 0.0299 e. The summed E-state index contributed by atoms with van der Waals surface area (Å²) in [7, 11) is 0. The third kappa shape index (κ3) is 1.34. The normalized spacial score (nSPS) is 13.9. The van der Waals surface area contributed by atoms with E-state index in [9.17, 15) is 0 Å². The second-order valence-electron chi connectivity index (χ2n) is 1.51. The van der Waals surface area contributed by atoms with Crippen LogP contribution < -0.4 is 4.70 Å². The molecule has 44 valence electrons. The predicted molar refractivity (Wildman–Crippen MR) is 32.0 cm³/mol. The molecule has 0 aromatic heterocycles. The van der Waals surface area contributed by atoms with Crippen LogP contribution in [-0.4, -0.2) is 0 Å². The number of allylic oxidation sites excluding steroid dienone is 6. The Bertz CT molecular complexity index is 126. The van der Waals surface area contributed by atoms with E-state index >= 15 is 0 Å². The van der Waals surface area contributed by atoms with Gasteiger partial charge in [-0.05, 0) is 12.5 Å². The average Bonchev–Trinajstić information content (AvgIpc) is 2.14. The third-order valence-corrected chi connectivity index (χ3v) is 1.02. The lowest BCUT2D eigenvalue weighted by Crippen LogP contribution is -3.00. The summed E-state index contributed by atoms with van der Waals surface area (Å²) < 4.78 is 0. The minimum Gasteiger partial charge on any atom is -1.00 e. The quantitative estimate of drug-likeness (QED) is 0.378. The highest BCUT2D eigenvalue weighted by Crippen LogP contribution is 2.04. The summed E-state index contributed by atoms with van der Waals surface area (Å²) in [4.78, 5) is 0. The van der Waals surface area contributed by atoms with Crippen molar-refractivity contribution in [3.63, 3.8) is 0 Å². The fourth-order valence-electron chi connectivity index (χ4n) is 0.581. The molecule has 0 radical (unpaired) electrons. The van der Waals surface area contributed by atoms with Crippen LogP contribution in [0.15, 0.2) is 36.0 Å². The van der Waals surface area contributed by atoms with Gasteiger partial charge in [0, 0.05) is 0 Å². The molecular formula is C7H8F-. The van der Waals surface area contributed by atoms with E-state index in [0.29, 0.717) is 0 Å². The fraction of sp³-hybridized carbons (Fsp3) is 0.143. The van der Waals surface area contributed by atoms with Crippen molar-refractivity contribution in [2.24, 2.45) is 0 Å². The zero-order valence-electron chi connectivity index (χ0n) is 4.76. The molecule has 0 saturated heterocycles. The zero-order valence-corrected chi connectivity index (χ0v) is 4.76. The summed E-state index contributed by atoms with van der Waals surface area (Å²) in [5, 5.41) is 0. The van der Waals surface area contributed by atoms with E-state index in [2.05, 4.69) is 18.2 Å². The zero-order chi connectivity index (χ0) is 5.11. The average molecular weight is 111 g/mol. The Labute approximate surface area is 48.6 Å². The molecule has 0 spiro atoms. The molecule has 0 heterocycles. The highest BCUT2D eigenvalue weighted by atomic mass is 19.0. The second kappa shape index (κ2) is 3.19. The van der Waals surface area contributed by atoms with Crippen LogP contribution in [0.4, 0.5) is 0 Å². The minimum absolute atomic E-state index is 0. The molecule has 0 aliphatic heterocycles. The Morgan fingerprint density at radius 2 is 1.75 bits per heavy atom. The Balaban J connectivity index is 0.000000490. The number of rotatable bonds is 0. The van der Waals surface area contributed by atoms with Crippen LogP contribution in [0.5, 0.6) is 0 Å². The molecule has 0 aromatic carbocycles. The third-order valence-electron chi connectivity index (χ3n) is 1.02. The highest BCUT2D eigenvalue weighted by Gasteiger charge is 1.84. The van der Waals surface area contributed by atoms with Crippen molar-refractivity contribution in [2.45, 2.75) is 6.92 Å². The van der Waals surface area contributed by atoms with Gasteiger partial charge in [-0.15, -0.1) is 0 Å². The maximum Gasteiger partial charge on any atom is -0.0299 e. The van der Waals surface area contributed by atoms with Gasteiger partial charge in [0.25, 0.3) is 0 Å². The van der Waals surface area contributed by atoms with Gasteiger partial charge in [-0.2, -0.15) is 0 Å². The Kier molecular flexibility index (Phi) is 2.85. The molecule has 1 aliphatic carbocycles. The first-order chi connectivity index (χ1) is 3.43. The van der Waals surface area contributed by atoms with Gasteiger partial charge >= 0.3 is 0 Å². The Hall–Kier alpha value is -0.850. The van der Waals surface area contributed by atoms with Crippen molar-refractivity contribution in [3.05, 3.63) is 36.0 Å². The molecule has 1 aliphatic rings. The Morgan fingerprint density at radius 3 is 2.00 bits per heavy atom. The molecule has 0 fully saturated rings. The van der Waals surface area contributed by atoms with E-state index in [1.165, 1.54) is 5.57 Å². The molecule has 0 nitrogen and oxygen atoms in total. The molecule has 1 rings (SSSR count). The molecule has 0 atom stereocenters. The molecule has 0 bridgehead atoms. The monoisotopic (exact) mass is 111 g/mol. The summed E-state index contributed by atoms with van der Waals surface area (Å²) in [5.41, 5.74) is 1.31. The Morgan fingerprint density at radius 1 is 1.25 bits per heavy atom. The highest BCUT2D eigenvalue weighted by molar-refractivity contribution is 5.39. The topological polar surface area (TPSA) is 0 Å². The van der Waals surface area contributed by atoms with Crippen molar-refractivity contribution in [3.8, 4) is 0 Å². The molecule has 0 aromatic rings. The van der Waals surface area contributed by atoms with Gasteiger partial charge in [-0.25, -0.2) is 0 Å². The van der Waals surface area contributed by atoms with E-state index in [1.54, 1.807) is 0 Å². The number of hydrogen-bond donors (Lipinski definition) is 0. The van der Waals surface area contributed by atoms with Crippen LogP contribution in [0.25, 0.3) is 0 Å². The summed E-state index contributed by atoms with van der Waals surface area (Å²) >= 11 is 0. The van der Waals surface area contributed by atoms with Crippen molar-refractivity contribution < 1.29 is 4.70 Å². The van der Waals surface area contributed by atoms with E-state index < -0.39 is 0 Å². The number of halogens is 1. The predicted octanol–water partition coefficient (Wildman–Crippen LogP) is -0.937. The van der Waals surface area contributed by atoms with Gasteiger partial charge in [0.2, 0.25) is 0 Å². The summed E-state index contributed by atoms with van der Waals surface area (Å²) in [5.74, 6) is 0. The van der Waals surface area contributed by atoms with E-state index in [1.807, 2.05) is 19.1 Å². The number of hydrogen-bond acceptors (Lipinski definition) is 0. The largest absolute Gasteiger partial charge is 1.00 e. The van der Waals surface area contributed by atoms with E-state index in [0.717, 1.165) is 0 Å². The summed E-state index contributed by atoms with van der Waals surface area (Å²) in [6.45, 7) is 2.04. The second-order valence-corrected chi connectivity index (χ2v) is 1.51. The first kappa shape index (κ1) is 7.15. The van der Waals surface area contributed by atoms with Crippen molar-refractivity contribution >= 4 is 0 Å². The van der Waals surface area contributed by atoms with Crippen molar-refractivity contribution in [1.82, 2.24) is 0 Å². The first-order valence-corrected chi connectivity index (χ1v) is 2.44.